The van der Waals surface area contributed by atoms with Gasteiger partial charge in [-0.05, 0) is 13.0 Å². The van der Waals surface area contributed by atoms with Crippen molar-refractivity contribution in [3.05, 3.63) is 41.5 Å². The van der Waals surface area contributed by atoms with Crippen molar-refractivity contribution in [3.63, 3.8) is 0 Å². The zero-order chi connectivity index (χ0) is 14.7. The number of nitrogens with two attached hydrogens (primary N) is 1. The highest BCUT2D eigenvalue weighted by molar-refractivity contribution is 14.0. The lowest BCUT2D eigenvalue weighted by Crippen LogP contribution is -2.37. The minimum atomic E-state index is 0. The highest BCUT2D eigenvalue weighted by atomic mass is 127. The lowest BCUT2D eigenvalue weighted by molar-refractivity contribution is 0.262. The second-order valence-corrected chi connectivity index (χ2v) is 4.81. The molecule has 22 heavy (non-hydrogen) atoms. The number of hydrogen-bond acceptors (Lipinski definition) is 5. The average molecular weight is 415 g/mol. The van der Waals surface area contributed by atoms with E-state index in [2.05, 4.69) is 20.4 Å². The van der Waals surface area contributed by atoms with E-state index < -0.39 is 0 Å². The van der Waals surface area contributed by atoms with E-state index in [1.807, 2.05) is 24.3 Å². The third-order valence-corrected chi connectivity index (χ3v) is 3.23. The van der Waals surface area contributed by atoms with E-state index in [9.17, 15) is 0 Å². The van der Waals surface area contributed by atoms with E-state index in [1.165, 1.54) is 0 Å². The number of ether oxygens (including phenoxy) is 1. The number of aliphatic imine (C=N–C) groups is 1. The Morgan fingerprint density at radius 1 is 1.45 bits per heavy atom. The SMILES string of the molecule is Cc1noc(CN=C(N)NC2CCOc3ccccc32)n1.I. The fourth-order valence-electron chi connectivity index (χ4n) is 2.27. The van der Waals surface area contributed by atoms with Gasteiger partial charge in [-0.2, -0.15) is 4.98 Å². The number of guanidine groups is 1. The number of nitrogens with zero attached hydrogens (tertiary/aromatic N) is 3. The third-order valence-electron chi connectivity index (χ3n) is 3.23. The summed E-state index contributed by atoms with van der Waals surface area (Å²) in [6, 6.07) is 8.02. The zero-order valence-electron chi connectivity index (χ0n) is 12.2. The maximum Gasteiger partial charge on any atom is 0.248 e. The monoisotopic (exact) mass is 415 g/mol. The van der Waals surface area contributed by atoms with Gasteiger partial charge in [-0.25, -0.2) is 4.99 Å². The van der Waals surface area contributed by atoms with E-state index in [4.69, 9.17) is 15.0 Å². The number of halogens is 1. The van der Waals surface area contributed by atoms with Crippen LogP contribution in [-0.4, -0.2) is 22.7 Å². The second kappa shape index (κ2) is 7.43. The maximum atomic E-state index is 5.92. The summed E-state index contributed by atoms with van der Waals surface area (Å²) >= 11 is 0. The number of hydrogen-bond donors (Lipinski definition) is 2. The number of aryl methyl sites for hydroxylation is 1. The molecule has 8 heteroatoms. The molecule has 118 valence electrons. The van der Waals surface area contributed by atoms with Gasteiger partial charge < -0.3 is 20.3 Å². The van der Waals surface area contributed by atoms with Crippen molar-refractivity contribution in [2.24, 2.45) is 10.7 Å². The molecule has 2 heterocycles. The van der Waals surface area contributed by atoms with Crippen molar-refractivity contribution in [1.29, 1.82) is 0 Å². The highest BCUT2D eigenvalue weighted by Crippen LogP contribution is 2.31. The predicted molar refractivity (Wildman–Crippen MR) is 92.2 cm³/mol. The van der Waals surface area contributed by atoms with Crippen LogP contribution < -0.4 is 15.8 Å². The Balaban J connectivity index is 0.00000176. The Labute approximate surface area is 145 Å². The van der Waals surface area contributed by atoms with Gasteiger partial charge in [0.05, 0.1) is 12.6 Å². The van der Waals surface area contributed by atoms with Crippen LogP contribution in [0.4, 0.5) is 0 Å². The quantitative estimate of drug-likeness (QED) is 0.452. The van der Waals surface area contributed by atoms with Crippen molar-refractivity contribution in [3.8, 4) is 5.75 Å². The van der Waals surface area contributed by atoms with Crippen LogP contribution in [0, 0.1) is 6.92 Å². The summed E-state index contributed by atoms with van der Waals surface area (Å²) in [6.45, 7) is 2.69. The molecule has 0 saturated heterocycles. The first-order valence-electron chi connectivity index (χ1n) is 6.80. The second-order valence-electron chi connectivity index (χ2n) is 4.81. The van der Waals surface area contributed by atoms with Crippen molar-refractivity contribution in [2.75, 3.05) is 6.61 Å². The highest BCUT2D eigenvalue weighted by Gasteiger charge is 2.21. The van der Waals surface area contributed by atoms with Crippen LogP contribution in [0.1, 0.15) is 29.7 Å². The molecule has 7 nitrogen and oxygen atoms in total. The minimum Gasteiger partial charge on any atom is -0.493 e. The summed E-state index contributed by atoms with van der Waals surface area (Å²) in [6.07, 6.45) is 0.840. The molecule has 2 aromatic rings. The lowest BCUT2D eigenvalue weighted by atomic mass is 10.0. The lowest BCUT2D eigenvalue weighted by Gasteiger charge is -2.26. The third kappa shape index (κ3) is 3.87. The summed E-state index contributed by atoms with van der Waals surface area (Å²) in [7, 11) is 0. The maximum absolute atomic E-state index is 5.92. The van der Waals surface area contributed by atoms with Crippen LogP contribution in [0.3, 0.4) is 0 Å². The van der Waals surface area contributed by atoms with Crippen molar-refractivity contribution in [2.45, 2.75) is 25.9 Å². The smallest absolute Gasteiger partial charge is 0.248 e. The van der Waals surface area contributed by atoms with Crippen LogP contribution >= 0.6 is 24.0 Å². The van der Waals surface area contributed by atoms with Gasteiger partial charge in [-0.3, -0.25) is 0 Å². The van der Waals surface area contributed by atoms with E-state index in [0.717, 1.165) is 17.7 Å². The van der Waals surface area contributed by atoms with Gasteiger partial charge in [0.2, 0.25) is 5.89 Å². The van der Waals surface area contributed by atoms with Gasteiger partial charge in [-0.1, -0.05) is 23.4 Å². The molecule has 0 fully saturated rings. The van der Waals surface area contributed by atoms with Crippen LogP contribution in [0.2, 0.25) is 0 Å². The molecule has 0 amide bonds. The summed E-state index contributed by atoms with van der Waals surface area (Å²) in [5.74, 6) is 2.28. The largest absolute Gasteiger partial charge is 0.493 e. The first kappa shape index (κ1) is 16.5. The Bertz CT molecular complexity index is 658. The first-order valence-corrected chi connectivity index (χ1v) is 6.80. The molecular weight excluding hydrogens is 397 g/mol. The molecule has 1 unspecified atom stereocenters. The summed E-state index contributed by atoms with van der Waals surface area (Å²) in [5, 5.41) is 6.92. The molecule has 0 aliphatic carbocycles. The molecule has 1 aromatic heterocycles. The molecule has 0 bridgehead atoms. The van der Waals surface area contributed by atoms with Crippen molar-refractivity contribution in [1.82, 2.24) is 15.5 Å². The number of nitrogens with one attached hydrogen (secondary N) is 1. The van der Waals surface area contributed by atoms with Crippen LogP contribution in [-0.2, 0) is 6.54 Å². The molecule has 1 aromatic carbocycles. The topological polar surface area (TPSA) is 98.6 Å². The molecular formula is C14H18IN5O2. The molecule has 3 rings (SSSR count). The Morgan fingerprint density at radius 3 is 3.05 bits per heavy atom. The van der Waals surface area contributed by atoms with E-state index in [1.54, 1.807) is 6.92 Å². The number of para-hydroxylation sites is 1. The number of rotatable bonds is 3. The Kier molecular flexibility index (Phi) is 5.58. The van der Waals surface area contributed by atoms with Gasteiger partial charge in [0.1, 0.15) is 12.3 Å². The van der Waals surface area contributed by atoms with Gasteiger partial charge >= 0.3 is 0 Å². The molecule has 1 atom stereocenters. The average Bonchev–Trinajstić information content (AvgIpc) is 2.91. The molecule has 3 N–H and O–H groups in total. The summed E-state index contributed by atoms with van der Waals surface area (Å²) in [4.78, 5) is 8.30. The van der Waals surface area contributed by atoms with Gasteiger partial charge in [0.15, 0.2) is 11.8 Å². The fourth-order valence-corrected chi connectivity index (χ4v) is 2.27. The zero-order valence-corrected chi connectivity index (χ0v) is 14.5. The molecule has 1 aliphatic rings. The van der Waals surface area contributed by atoms with E-state index >= 15 is 0 Å². The number of aromatic nitrogens is 2. The minimum absolute atomic E-state index is 0. The van der Waals surface area contributed by atoms with Gasteiger partial charge in [0.25, 0.3) is 0 Å². The summed E-state index contributed by atoms with van der Waals surface area (Å²) < 4.78 is 10.6. The van der Waals surface area contributed by atoms with Crippen molar-refractivity contribution < 1.29 is 9.26 Å². The number of fused-ring (bicyclic) bond motifs is 1. The van der Waals surface area contributed by atoms with E-state index in [-0.39, 0.29) is 36.6 Å². The first-order chi connectivity index (χ1) is 10.2. The Morgan fingerprint density at radius 2 is 2.27 bits per heavy atom. The Hall–Kier alpha value is -1.84. The molecule has 1 aliphatic heterocycles. The van der Waals surface area contributed by atoms with Crippen LogP contribution in [0.5, 0.6) is 5.75 Å². The molecule has 0 saturated carbocycles. The van der Waals surface area contributed by atoms with Crippen LogP contribution in [0.25, 0.3) is 0 Å². The van der Waals surface area contributed by atoms with Crippen molar-refractivity contribution >= 4 is 29.9 Å². The van der Waals surface area contributed by atoms with Gasteiger partial charge in [-0.15, -0.1) is 24.0 Å². The van der Waals surface area contributed by atoms with Gasteiger partial charge in [0, 0.05) is 12.0 Å². The van der Waals surface area contributed by atoms with E-state index in [0.29, 0.717) is 24.3 Å². The molecule has 0 spiro atoms. The molecule has 0 radical (unpaired) electrons. The normalized spacial score (nSPS) is 17.1. The van der Waals surface area contributed by atoms with Crippen LogP contribution in [0.15, 0.2) is 33.8 Å². The predicted octanol–water partition coefficient (Wildman–Crippen LogP) is 1.92. The summed E-state index contributed by atoms with van der Waals surface area (Å²) in [5.41, 5.74) is 7.02. The number of benzene rings is 1. The fraction of sp³-hybridized carbons (Fsp3) is 0.357. The standard InChI is InChI=1S/C14H17N5O2.HI/c1-9-17-13(21-19-9)8-16-14(15)18-11-6-7-20-12-5-3-2-4-10(11)12;/h2-5,11H,6-8H2,1H3,(H3,15,16,18);1H.